The molecule has 0 bridgehead atoms. The van der Waals surface area contributed by atoms with Crippen LogP contribution in [0, 0.1) is 17.0 Å². The van der Waals surface area contributed by atoms with E-state index in [0.717, 1.165) is 12.0 Å². The highest BCUT2D eigenvalue weighted by Gasteiger charge is 2.24. The van der Waals surface area contributed by atoms with E-state index >= 15 is 0 Å². The first-order valence-electron chi connectivity index (χ1n) is 9.53. The van der Waals surface area contributed by atoms with Crippen molar-refractivity contribution in [2.24, 2.45) is 0 Å². The van der Waals surface area contributed by atoms with Crippen molar-refractivity contribution in [2.45, 2.75) is 37.2 Å². The quantitative estimate of drug-likeness (QED) is 0.325. The minimum atomic E-state index is -0.370. The van der Waals surface area contributed by atoms with Gasteiger partial charge in [0.05, 0.1) is 11.5 Å². The molecule has 10 heteroatoms. The molecular formula is C20H20N6O3S. The van der Waals surface area contributed by atoms with Gasteiger partial charge in [-0.05, 0) is 31.0 Å². The summed E-state index contributed by atoms with van der Waals surface area (Å²) in [7, 11) is 0. The molecule has 0 spiro atoms. The van der Waals surface area contributed by atoms with Gasteiger partial charge < -0.3 is 4.90 Å². The highest BCUT2D eigenvalue weighted by atomic mass is 32.2. The Bertz CT molecular complexity index is 1090. The summed E-state index contributed by atoms with van der Waals surface area (Å²) in [6, 6.07) is 10.6. The fraction of sp³-hybridized carbons (Fsp3) is 0.300. The molecule has 9 nitrogen and oxygen atoms in total. The molecule has 0 aliphatic carbocycles. The van der Waals surface area contributed by atoms with E-state index in [0.29, 0.717) is 47.6 Å². The van der Waals surface area contributed by atoms with Crippen LogP contribution in [0.5, 0.6) is 0 Å². The fourth-order valence-electron chi connectivity index (χ4n) is 3.42. The first kappa shape index (κ1) is 20.0. The number of hydrogen-bond acceptors (Lipinski definition) is 7. The molecule has 1 aromatic carbocycles. The number of nitro benzene ring substituents is 1. The second-order valence-corrected chi connectivity index (χ2v) is 7.89. The van der Waals surface area contributed by atoms with Gasteiger partial charge in [0.25, 0.3) is 5.69 Å². The van der Waals surface area contributed by atoms with E-state index in [1.54, 1.807) is 24.1 Å². The number of pyridine rings is 1. The van der Waals surface area contributed by atoms with Crippen LogP contribution in [0.4, 0.5) is 5.69 Å². The molecule has 0 unspecified atom stereocenters. The standard InChI is InChI=1S/C20H20N6O3S/c1-14-15(6-4-7-16(14)26(28)29)13-30-20-23-22-18(12-24-11-5-9-19(24)27)25(20)17-8-2-3-10-21-17/h2-4,6-8,10H,5,9,11-13H2,1H3. The zero-order valence-electron chi connectivity index (χ0n) is 16.4. The van der Waals surface area contributed by atoms with Crippen LogP contribution in [0.1, 0.15) is 29.8 Å². The van der Waals surface area contributed by atoms with Crippen LogP contribution in [0.3, 0.4) is 0 Å². The monoisotopic (exact) mass is 424 g/mol. The van der Waals surface area contributed by atoms with Crippen LogP contribution < -0.4 is 0 Å². The first-order valence-corrected chi connectivity index (χ1v) is 10.5. The predicted molar refractivity (Wildman–Crippen MR) is 111 cm³/mol. The SMILES string of the molecule is Cc1c(CSc2nnc(CN3CCCC3=O)n2-c2ccccn2)cccc1[N+](=O)[O-]. The van der Waals surface area contributed by atoms with E-state index in [4.69, 9.17) is 0 Å². The van der Waals surface area contributed by atoms with Crippen LogP contribution >= 0.6 is 11.8 Å². The molecule has 1 fully saturated rings. The number of aromatic nitrogens is 4. The third-order valence-electron chi connectivity index (χ3n) is 5.05. The summed E-state index contributed by atoms with van der Waals surface area (Å²) in [5.41, 5.74) is 1.61. The van der Waals surface area contributed by atoms with Crippen molar-refractivity contribution in [3.05, 3.63) is 69.7 Å². The zero-order valence-corrected chi connectivity index (χ0v) is 17.2. The van der Waals surface area contributed by atoms with Crippen molar-refractivity contribution in [2.75, 3.05) is 6.54 Å². The molecule has 30 heavy (non-hydrogen) atoms. The second kappa shape index (κ2) is 8.62. The number of carbonyl (C=O) groups excluding carboxylic acids is 1. The lowest BCUT2D eigenvalue weighted by molar-refractivity contribution is -0.385. The van der Waals surface area contributed by atoms with Gasteiger partial charge in [0.2, 0.25) is 5.91 Å². The molecular weight excluding hydrogens is 404 g/mol. The van der Waals surface area contributed by atoms with Gasteiger partial charge >= 0.3 is 0 Å². The minimum absolute atomic E-state index is 0.104. The normalized spacial score (nSPS) is 13.8. The van der Waals surface area contributed by atoms with E-state index < -0.39 is 0 Å². The number of nitrogens with zero attached hydrogens (tertiary/aromatic N) is 6. The molecule has 0 saturated carbocycles. The molecule has 1 aliphatic heterocycles. The zero-order chi connectivity index (χ0) is 21.1. The van der Waals surface area contributed by atoms with E-state index in [-0.39, 0.29) is 16.5 Å². The molecule has 0 atom stereocenters. The van der Waals surface area contributed by atoms with Gasteiger partial charge in [-0.1, -0.05) is 30.0 Å². The molecule has 1 aliphatic rings. The Morgan fingerprint density at radius 3 is 2.77 bits per heavy atom. The van der Waals surface area contributed by atoms with Crippen LogP contribution in [0.2, 0.25) is 0 Å². The van der Waals surface area contributed by atoms with Crippen molar-refractivity contribution >= 4 is 23.4 Å². The third-order valence-corrected chi connectivity index (χ3v) is 6.03. The highest BCUT2D eigenvalue weighted by molar-refractivity contribution is 7.98. The van der Waals surface area contributed by atoms with E-state index in [9.17, 15) is 14.9 Å². The van der Waals surface area contributed by atoms with E-state index in [1.165, 1.54) is 17.8 Å². The van der Waals surface area contributed by atoms with Crippen LogP contribution in [-0.4, -0.2) is 42.0 Å². The van der Waals surface area contributed by atoms with Crippen LogP contribution in [-0.2, 0) is 17.1 Å². The topological polar surface area (TPSA) is 107 Å². The second-order valence-electron chi connectivity index (χ2n) is 6.95. The Labute approximate surface area is 177 Å². The average Bonchev–Trinajstić information content (AvgIpc) is 3.34. The first-order chi connectivity index (χ1) is 14.5. The molecule has 4 rings (SSSR count). The van der Waals surface area contributed by atoms with Gasteiger partial charge in [-0.25, -0.2) is 4.98 Å². The Balaban J connectivity index is 1.63. The van der Waals surface area contributed by atoms with Crippen molar-refractivity contribution in [1.82, 2.24) is 24.6 Å². The van der Waals surface area contributed by atoms with Gasteiger partial charge in [0.15, 0.2) is 11.0 Å². The number of thioether (sulfide) groups is 1. The maximum absolute atomic E-state index is 12.1. The molecule has 3 heterocycles. The predicted octanol–water partition coefficient (Wildman–Crippen LogP) is 3.29. The van der Waals surface area contributed by atoms with Gasteiger partial charge in [0.1, 0.15) is 5.82 Å². The minimum Gasteiger partial charge on any atom is -0.335 e. The number of hydrogen-bond donors (Lipinski definition) is 0. The Morgan fingerprint density at radius 1 is 1.20 bits per heavy atom. The number of nitro groups is 1. The van der Waals surface area contributed by atoms with Gasteiger partial charge in [0, 0.05) is 36.5 Å². The summed E-state index contributed by atoms with van der Waals surface area (Å²) in [5.74, 6) is 1.93. The van der Waals surface area contributed by atoms with Gasteiger partial charge in [-0.15, -0.1) is 10.2 Å². The maximum Gasteiger partial charge on any atom is 0.272 e. The molecule has 2 aromatic heterocycles. The molecule has 154 valence electrons. The molecule has 3 aromatic rings. The van der Waals surface area contributed by atoms with Crippen molar-refractivity contribution in [1.29, 1.82) is 0 Å². The Kier molecular flexibility index (Phi) is 5.75. The smallest absolute Gasteiger partial charge is 0.272 e. The molecule has 1 saturated heterocycles. The Hall–Kier alpha value is -3.27. The number of amides is 1. The van der Waals surface area contributed by atoms with Crippen molar-refractivity contribution < 1.29 is 9.72 Å². The van der Waals surface area contributed by atoms with E-state index in [1.807, 2.05) is 28.8 Å². The summed E-state index contributed by atoms with van der Waals surface area (Å²) in [5, 5.41) is 20.5. The van der Waals surface area contributed by atoms with E-state index in [2.05, 4.69) is 15.2 Å². The fourth-order valence-corrected chi connectivity index (χ4v) is 4.44. The lowest BCUT2D eigenvalue weighted by Gasteiger charge is -2.16. The lowest BCUT2D eigenvalue weighted by Crippen LogP contribution is -2.25. The number of rotatable bonds is 7. The highest BCUT2D eigenvalue weighted by Crippen LogP contribution is 2.29. The number of likely N-dealkylation sites (tertiary alicyclic amines) is 1. The summed E-state index contributed by atoms with van der Waals surface area (Å²) in [6.07, 6.45) is 3.11. The number of benzene rings is 1. The summed E-state index contributed by atoms with van der Waals surface area (Å²) in [6.45, 7) is 2.84. The van der Waals surface area contributed by atoms with Crippen LogP contribution in [0.15, 0.2) is 47.8 Å². The molecule has 0 N–H and O–H groups in total. The maximum atomic E-state index is 12.1. The lowest BCUT2D eigenvalue weighted by atomic mass is 10.1. The van der Waals surface area contributed by atoms with Crippen molar-refractivity contribution in [3.8, 4) is 5.82 Å². The summed E-state index contributed by atoms with van der Waals surface area (Å²) >= 11 is 1.43. The summed E-state index contributed by atoms with van der Waals surface area (Å²) in [4.78, 5) is 29.1. The average molecular weight is 424 g/mol. The largest absolute Gasteiger partial charge is 0.335 e. The summed E-state index contributed by atoms with van der Waals surface area (Å²) < 4.78 is 1.85. The molecule has 0 radical (unpaired) electrons. The third kappa shape index (κ3) is 4.04. The number of carbonyl (C=O) groups is 1. The van der Waals surface area contributed by atoms with Crippen LogP contribution in [0.25, 0.3) is 5.82 Å². The van der Waals surface area contributed by atoms with Gasteiger partial charge in [-0.3, -0.25) is 19.5 Å². The van der Waals surface area contributed by atoms with Crippen molar-refractivity contribution in [3.63, 3.8) is 0 Å². The molecule has 1 amide bonds. The Morgan fingerprint density at radius 2 is 2.07 bits per heavy atom. The van der Waals surface area contributed by atoms with Gasteiger partial charge in [-0.2, -0.15) is 0 Å².